The van der Waals surface area contributed by atoms with Crippen molar-refractivity contribution < 1.29 is 28.0 Å². The van der Waals surface area contributed by atoms with Gasteiger partial charge in [-0.15, -0.1) is 0 Å². The first-order valence-electron chi connectivity index (χ1n) is 9.81. The topological polar surface area (TPSA) is 143 Å². The Morgan fingerprint density at radius 1 is 0.600 bits per heavy atom. The summed E-state index contributed by atoms with van der Waals surface area (Å²) in [5.41, 5.74) is 9.26. The molecular formula is C20H26N4O6. The molecule has 0 unspecified atom stereocenters. The molecule has 0 aliphatic carbocycles. The van der Waals surface area contributed by atoms with Gasteiger partial charge in [-0.3, -0.25) is 40.9 Å². The van der Waals surface area contributed by atoms with E-state index >= 15 is 0 Å². The Labute approximate surface area is 173 Å². The van der Waals surface area contributed by atoms with Crippen molar-refractivity contribution in [2.45, 2.75) is 51.4 Å². The van der Waals surface area contributed by atoms with E-state index in [0.29, 0.717) is 25.7 Å². The summed E-state index contributed by atoms with van der Waals surface area (Å²) in [5.74, 6) is -1.27. The van der Waals surface area contributed by atoms with Crippen LogP contribution in [0.4, 0.5) is 0 Å². The highest BCUT2D eigenvalue weighted by Gasteiger charge is 2.10. The lowest BCUT2D eigenvalue weighted by Gasteiger charge is -2.06. The number of hydrogen-bond acceptors (Lipinski definition) is 6. The van der Waals surface area contributed by atoms with Crippen molar-refractivity contribution >= 4 is 23.6 Å². The lowest BCUT2D eigenvalue weighted by atomic mass is 10.1. The lowest BCUT2D eigenvalue weighted by Crippen LogP contribution is -2.41. The molecule has 2 aromatic heterocycles. The van der Waals surface area contributed by atoms with Gasteiger partial charge in [-0.05, 0) is 37.1 Å². The Kier molecular flexibility index (Phi) is 9.71. The van der Waals surface area contributed by atoms with Gasteiger partial charge in [-0.25, -0.2) is 0 Å². The maximum atomic E-state index is 11.7. The van der Waals surface area contributed by atoms with Crippen molar-refractivity contribution in [3.63, 3.8) is 0 Å². The van der Waals surface area contributed by atoms with E-state index in [0.717, 1.165) is 25.7 Å². The number of rotatable bonds is 11. The highest BCUT2D eigenvalue weighted by molar-refractivity contribution is 5.93. The first kappa shape index (κ1) is 22.7. The van der Waals surface area contributed by atoms with Crippen molar-refractivity contribution in [2.75, 3.05) is 0 Å². The molecule has 0 aromatic carbocycles. The number of hydrogen-bond donors (Lipinski definition) is 4. The predicted molar refractivity (Wildman–Crippen MR) is 106 cm³/mol. The maximum absolute atomic E-state index is 11.7. The van der Waals surface area contributed by atoms with Crippen LogP contribution in [0, 0.1) is 0 Å². The van der Waals surface area contributed by atoms with Crippen molar-refractivity contribution in [1.29, 1.82) is 0 Å². The minimum absolute atomic E-state index is 0.129. The molecule has 0 aliphatic heterocycles. The van der Waals surface area contributed by atoms with Crippen molar-refractivity contribution in [1.82, 2.24) is 21.7 Å². The van der Waals surface area contributed by atoms with Crippen LogP contribution in [0.15, 0.2) is 45.6 Å². The molecule has 0 fully saturated rings. The Hall–Kier alpha value is -3.56. The van der Waals surface area contributed by atoms with Gasteiger partial charge in [0.15, 0.2) is 11.5 Å². The van der Waals surface area contributed by atoms with E-state index in [-0.39, 0.29) is 23.3 Å². The monoisotopic (exact) mass is 418 g/mol. The van der Waals surface area contributed by atoms with Crippen molar-refractivity contribution in [2.24, 2.45) is 0 Å². The number of unbranched alkanes of at least 4 members (excludes halogenated alkanes) is 5. The van der Waals surface area contributed by atoms with Crippen LogP contribution < -0.4 is 21.7 Å². The molecule has 0 bridgehead atoms. The maximum Gasteiger partial charge on any atom is 0.305 e. The van der Waals surface area contributed by atoms with Crippen LogP contribution in [0.25, 0.3) is 0 Å². The second-order valence-corrected chi connectivity index (χ2v) is 6.58. The standard InChI is InChI=1S/C20H26N4O6/c25-17(21-23-19(27)15-9-7-13-29-15)11-5-3-1-2-4-6-12-18(26)22-24-20(28)16-10-8-14-30-16/h7-10,13-14H,1-6,11-12H2,(H,21,25)(H,22,26)(H,23,27)(H,24,28). The third kappa shape index (κ3) is 8.63. The molecule has 0 saturated carbocycles. The smallest absolute Gasteiger partial charge is 0.305 e. The largest absolute Gasteiger partial charge is 0.459 e. The van der Waals surface area contributed by atoms with E-state index in [9.17, 15) is 19.2 Å². The zero-order chi connectivity index (χ0) is 21.6. The SMILES string of the molecule is O=C(CCCCCCCCC(=O)NNC(=O)c1ccco1)NNC(=O)c1ccco1. The molecule has 30 heavy (non-hydrogen) atoms. The van der Waals surface area contributed by atoms with Gasteiger partial charge in [-0.1, -0.05) is 25.7 Å². The molecule has 10 heteroatoms. The minimum atomic E-state index is -0.502. The van der Waals surface area contributed by atoms with Gasteiger partial charge in [0.05, 0.1) is 12.5 Å². The second-order valence-electron chi connectivity index (χ2n) is 6.58. The average Bonchev–Trinajstić information content (AvgIpc) is 3.46. The molecule has 0 aliphatic rings. The summed E-state index contributed by atoms with van der Waals surface area (Å²) >= 11 is 0. The lowest BCUT2D eigenvalue weighted by molar-refractivity contribution is -0.122. The zero-order valence-corrected chi connectivity index (χ0v) is 16.6. The van der Waals surface area contributed by atoms with Crippen molar-refractivity contribution in [3.05, 3.63) is 48.3 Å². The van der Waals surface area contributed by atoms with E-state index in [2.05, 4.69) is 21.7 Å². The fraction of sp³-hybridized carbons (Fsp3) is 0.400. The summed E-state index contributed by atoms with van der Waals surface area (Å²) in [4.78, 5) is 46.5. The molecule has 2 aromatic rings. The van der Waals surface area contributed by atoms with Crippen LogP contribution >= 0.6 is 0 Å². The summed E-state index contributed by atoms with van der Waals surface area (Å²) in [6, 6.07) is 6.18. The summed E-state index contributed by atoms with van der Waals surface area (Å²) in [6.45, 7) is 0. The summed E-state index contributed by atoms with van der Waals surface area (Å²) < 4.78 is 9.83. The van der Waals surface area contributed by atoms with Gasteiger partial charge in [0, 0.05) is 12.8 Å². The van der Waals surface area contributed by atoms with Gasteiger partial charge >= 0.3 is 11.8 Å². The molecule has 0 atom stereocenters. The van der Waals surface area contributed by atoms with E-state index in [1.807, 2.05) is 0 Å². The fourth-order valence-electron chi connectivity index (χ4n) is 2.59. The molecule has 0 saturated heterocycles. The molecule has 0 spiro atoms. The normalized spacial score (nSPS) is 10.3. The third-order valence-corrected chi connectivity index (χ3v) is 4.18. The van der Waals surface area contributed by atoms with Crippen LogP contribution in [0.3, 0.4) is 0 Å². The number of hydrazine groups is 2. The Bertz CT molecular complexity index is 733. The molecule has 0 radical (unpaired) electrons. The van der Waals surface area contributed by atoms with E-state index in [1.165, 1.54) is 24.7 Å². The number of furan rings is 2. The van der Waals surface area contributed by atoms with Crippen LogP contribution in [0.5, 0.6) is 0 Å². The van der Waals surface area contributed by atoms with E-state index < -0.39 is 11.8 Å². The molecule has 2 rings (SSSR count). The predicted octanol–water partition coefficient (Wildman–Crippen LogP) is 2.22. The van der Waals surface area contributed by atoms with Crippen LogP contribution in [0.2, 0.25) is 0 Å². The average molecular weight is 418 g/mol. The molecule has 4 amide bonds. The number of carbonyl (C=O) groups is 4. The quantitative estimate of drug-likeness (QED) is 0.325. The highest BCUT2D eigenvalue weighted by Crippen LogP contribution is 2.08. The van der Waals surface area contributed by atoms with E-state index in [1.54, 1.807) is 12.1 Å². The third-order valence-electron chi connectivity index (χ3n) is 4.18. The first-order valence-corrected chi connectivity index (χ1v) is 9.81. The summed E-state index contributed by atoms with van der Waals surface area (Å²) in [5, 5.41) is 0. The molecule has 4 N–H and O–H groups in total. The van der Waals surface area contributed by atoms with E-state index in [4.69, 9.17) is 8.83 Å². The first-order chi connectivity index (χ1) is 14.6. The van der Waals surface area contributed by atoms with Gasteiger partial charge in [-0.2, -0.15) is 0 Å². The van der Waals surface area contributed by atoms with Gasteiger partial charge < -0.3 is 8.83 Å². The van der Waals surface area contributed by atoms with Crippen LogP contribution in [-0.2, 0) is 9.59 Å². The Balaban J connectivity index is 1.39. The van der Waals surface area contributed by atoms with Gasteiger partial charge in [0.1, 0.15) is 0 Å². The number of amides is 4. The van der Waals surface area contributed by atoms with Crippen LogP contribution in [0.1, 0.15) is 72.5 Å². The second kappa shape index (κ2) is 12.8. The minimum Gasteiger partial charge on any atom is -0.459 e. The molecule has 162 valence electrons. The highest BCUT2D eigenvalue weighted by atomic mass is 16.3. The Morgan fingerprint density at radius 3 is 1.37 bits per heavy atom. The molecule has 2 heterocycles. The zero-order valence-electron chi connectivity index (χ0n) is 16.6. The molecular weight excluding hydrogens is 392 g/mol. The number of carbonyl (C=O) groups excluding carboxylic acids is 4. The van der Waals surface area contributed by atoms with Gasteiger partial charge in [0.25, 0.3) is 0 Å². The summed E-state index contributed by atoms with van der Waals surface area (Å²) in [6.07, 6.45) is 8.46. The van der Waals surface area contributed by atoms with Gasteiger partial charge in [0.2, 0.25) is 11.8 Å². The van der Waals surface area contributed by atoms with Crippen LogP contribution in [-0.4, -0.2) is 23.6 Å². The fourth-order valence-corrected chi connectivity index (χ4v) is 2.59. The molecule has 10 nitrogen and oxygen atoms in total. The van der Waals surface area contributed by atoms with Crippen molar-refractivity contribution in [3.8, 4) is 0 Å². The Morgan fingerprint density at radius 2 is 1.00 bits per heavy atom. The summed E-state index contributed by atoms with van der Waals surface area (Å²) in [7, 11) is 0. The number of nitrogens with one attached hydrogen (secondary N) is 4.